The number of pyridine rings is 1. The van der Waals surface area contributed by atoms with Crippen LogP contribution in [0.25, 0.3) is 0 Å². The molecule has 6 heteroatoms. The molecule has 0 aliphatic heterocycles. The average Bonchev–Trinajstić information content (AvgIpc) is 3.17. The van der Waals surface area contributed by atoms with Gasteiger partial charge in [-0.25, -0.2) is 4.98 Å². The van der Waals surface area contributed by atoms with Crippen LogP contribution in [-0.2, 0) is 0 Å². The molecule has 110 valence electrons. The molecule has 1 heterocycles. The smallest absolute Gasteiger partial charge is 0.251 e. The van der Waals surface area contributed by atoms with Gasteiger partial charge in [0.1, 0.15) is 11.6 Å². The van der Waals surface area contributed by atoms with Gasteiger partial charge >= 0.3 is 0 Å². The van der Waals surface area contributed by atoms with Crippen LogP contribution in [0.3, 0.4) is 0 Å². The Morgan fingerprint density at radius 2 is 2.15 bits per heavy atom. The van der Waals surface area contributed by atoms with E-state index in [1.54, 1.807) is 19.2 Å². The number of nitrogens with one attached hydrogen (secondary N) is 3. The van der Waals surface area contributed by atoms with Gasteiger partial charge in [0.25, 0.3) is 5.91 Å². The number of nitrogens with two attached hydrogens (primary N) is 1. The first-order valence-electron chi connectivity index (χ1n) is 7.06. The summed E-state index contributed by atoms with van der Waals surface area (Å²) in [6, 6.07) is 3.51. The number of rotatable bonds is 7. The van der Waals surface area contributed by atoms with E-state index in [1.807, 2.05) is 0 Å². The highest BCUT2D eigenvalue weighted by Gasteiger charge is 2.31. The zero-order valence-electron chi connectivity index (χ0n) is 12.1. The van der Waals surface area contributed by atoms with Gasteiger partial charge in [0, 0.05) is 32.2 Å². The Balaban J connectivity index is 2.04. The molecule has 1 saturated carbocycles. The fourth-order valence-electron chi connectivity index (χ4n) is 2.09. The van der Waals surface area contributed by atoms with E-state index >= 15 is 0 Å². The fourth-order valence-corrected chi connectivity index (χ4v) is 2.09. The number of anilines is 2. The van der Waals surface area contributed by atoms with Crippen molar-refractivity contribution in [2.75, 3.05) is 37.3 Å². The number of carbonyl (C=O) groups excluding carboxylic acids is 1. The van der Waals surface area contributed by atoms with Crippen LogP contribution in [0.5, 0.6) is 0 Å². The SMILES string of the molecule is CNc1cc(C(=O)NCCN)cc(NCC2CC2C)n1. The van der Waals surface area contributed by atoms with Crippen molar-refractivity contribution in [3.8, 4) is 0 Å². The second-order valence-electron chi connectivity index (χ2n) is 5.27. The molecule has 1 aromatic heterocycles. The van der Waals surface area contributed by atoms with Gasteiger partial charge in [-0.3, -0.25) is 4.79 Å². The molecule has 0 bridgehead atoms. The van der Waals surface area contributed by atoms with Gasteiger partial charge < -0.3 is 21.7 Å². The van der Waals surface area contributed by atoms with Crippen molar-refractivity contribution in [2.24, 2.45) is 17.6 Å². The van der Waals surface area contributed by atoms with Crippen molar-refractivity contribution in [2.45, 2.75) is 13.3 Å². The summed E-state index contributed by atoms with van der Waals surface area (Å²) in [5.74, 6) is 2.80. The van der Waals surface area contributed by atoms with Gasteiger partial charge in [0.2, 0.25) is 0 Å². The summed E-state index contributed by atoms with van der Waals surface area (Å²) in [7, 11) is 1.79. The zero-order valence-corrected chi connectivity index (χ0v) is 12.1. The lowest BCUT2D eigenvalue weighted by Crippen LogP contribution is -2.29. The molecule has 2 unspecified atom stereocenters. The minimum atomic E-state index is -0.128. The third-order valence-corrected chi connectivity index (χ3v) is 3.60. The molecule has 1 fully saturated rings. The number of carbonyl (C=O) groups is 1. The van der Waals surface area contributed by atoms with Crippen LogP contribution in [0.1, 0.15) is 23.7 Å². The van der Waals surface area contributed by atoms with Crippen LogP contribution in [0.15, 0.2) is 12.1 Å². The molecule has 5 N–H and O–H groups in total. The summed E-state index contributed by atoms with van der Waals surface area (Å²) in [6.45, 7) is 4.06. The third kappa shape index (κ3) is 3.84. The van der Waals surface area contributed by atoms with Gasteiger partial charge in [-0.05, 0) is 30.4 Å². The Bertz CT molecular complexity index is 477. The van der Waals surface area contributed by atoms with E-state index in [-0.39, 0.29) is 5.91 Å². The second kappa shape index (κ2) is 6.56. The van der Waals surface area contributed by atoms with Crippen LogP contribution in [0.2, 0.25) is 0 Å². The van der Waals surface area contributed by atoms with E-state index < -0.39 is 0 Å². The molecule has 1 amide bonds. The molecule has 1 aliphatic rings. The Morgan fingerprint density at radius 1 is 1.45 bits per heavy atom. The summed E-state index contributed by atoms with van der Waals surface area (Å²) < 4.78 is 0. The predicted octanol–water partition coefficient (Wildman–Crippen LogP) is 0.880. The topological polar surface area (TPSA) is 92.1 Å². The van der Waals surface area contributed by atoms with Gasteiger partial charge in [0.05, 0.1) is 0 Å². The summed E-state index contributed by atoms with van der Waals surface area (Å²) in [4.78, 5) is 16.4. The van der Waals surface area contributed by atoms with Gasteiger partial charge in [0.15, 0.2) is 0 Å². The first-order chi connectivity index (χ1) is 9.63. The van der Waals surface area contributed by atoms with Crippen LogP contribution in [0, 0.1) is 11.8 Å². The lowest BCUT2D eigenvalue weighted by atomic mass is 10.2. The minimum absolute atomic E-state index is 0.128. The molecule has 0 radical (unpaired) electrons. The fraction of sp³-hybridized carbons (Fsp3) is 0.571. The van der Waals surface area contributed by atoms with Crippen LogP contribution < -0.4 is 21.7 Å². The molecule has 1 aromatic rings. The normalized spacial score (nSPS) is 20.4. The molecular weight excluding hydrogens is 254 g/mol. The third-order valence-electron chi connectivity index (χ3n) is 3.60. The zero-order chi connectivity index (χ0) is 14.5. The quantitative estimate of drug-likeness (QED) is 0.594. The first kappa shape index (κ1) is 14.6. The van der Waals surface area contributed by atoms with Crippen molar-refractivity contribution in [3.05, 3.63) is 17.7 Å². The number of amides is 1. The minimum Gasteiger partial charge on any atom is -0.373 e. The molecule has 20 heavy (non-hydrogen) atoms. The molecule has 1 aliphatic carbocycles. The molecule has 6 nitrogen and oxygen atoms in total. The molecule has 0 aromatic carbocycles. The van der Waals surface area contributed by atoms with Crippen molar-refractivity contribution in [3.63, 3.8) is 0 Å². The van der Waals surface area contributed by atoms with E-state index in [0.29, 0.717) is 24.5 Å². The molecule has 2 rings (SSSR count). The first-order valence-corrected chi connectivity index (χ1v) is 7.06. The highest BCUT2D eigenvalue weighted by molar-refractivity contribution is 5.95. The van der Waals surface area contributed by atoms with E-state index in [1.165, 1.54) is 6.42 Å². The second-order valence-corrected chi connectivity index (χ2v) is 5.27. The predicted molar refractivity (Wildman–Crippen MR) is 80.9 cm³/mol. The largest absolute Gasteiger partial charge is 0.373 e. The maximum Gasteiger partial charge on any atom is 0.251 e. The summed E-state index contributed by atoms with van der Waals surface area (Å²) in [6.07, 6.45) is 1.27. The number of aromatic nitrogens is 1. The molecular formula is C14H23N5O. The van der Waals surface area contributed by atoms with Gasteiger partial charge in [-0.15, -0.1) is 0 Å². The van der Waals surface area contributed by atoms with Gasteiger partial charge in [-0.2, -0.15) is 0 Å². The van der Waals surface area contributed by atoms with Crippen LogP contribution in [-0.4, -0.2) is 37.6 Å². The van der Waals surface area contributed by atoms with Crippen molar-refractivity contribution < 1.29 is 4.79 Å². The highest BCUT2D eigenvalue weighted by Crippen LogP contribution is 2.37. The van der Waals surface area contributed by atoms with Crippen molar-refractivity contribution in [1.29, 1.82) is 0 Å². The standard InChI is InChI=1S/C14H23N5O/c1-9-5-11(9)8-18-13-7-10(6-12(16-2)19-13)14(20)17-4-3-15/h6-7,9,11H,3-5,8,15H2,1-2H3,(H,17,20)(H2,16,18,19). The van der Waals surface area contributed by atoms with Crippen LogP contribution >= 0.6 is 0 Å². The maximum atomic E-state index is 12.0. The number of nitrogens with zero attached hydrogens (tertiary/aromatic N) is 1. The molecule has 0 spiro atoms. The van der Waals surface area contributed by atoms with E-state index in [2.05, 4.69) is 27.9 Å². The number of hydrogen-bond donors (Lipinski definition) is 4. The lowest BCUT2D eigenvalue weighted by molar-refractivity contribution is 0.0954. The highest BCUT2D eigenvalue weighted by atomic mass is 16.1. The van der Waals surface area contributed by atoms with E-state index in [0.717, 1.165) is 24.2 Å². The molecule has 2 atom stereocenters. The van der Waals surface area contributed by atoms with Crippen molar-refractivity contribution in [1.82, 2.24) is 10.3 Å². The monoisotopic (exact) mass is 277 g/mol. The summed E-state index contributed by atoms with van der Waals surface area (Å²) >= 11 is 0. The maximum absolute atomic E-state index is 12.0. The Labute approximate surface area is 119 Å². The summed E-state index contributed by atoms with van der Waals surface area (Å²) in [5, 5.41) is 9.05. The van der Waals surface area contributed by atoms with Gasteiger partial charge in [-0.1, -0.05) is 6.92 Å². The Kier molecular flexibility index (Phi) is 4.79. The van der Waals surface area contributed by atoms with E-state index in [9.17, 15) is 4.79 Å². The number of hydrogen-bond acceptors (Lipinski definition) is 5. The van der Waals surface area contributed by atoms with E-state index in [4.69, 9.17) is 5.73 Å². The van der Waals surface area contributed by atoms with Crippen LogP contribution in [0.4, 0.5) is 11.6 Å². The Morgan fingerprint density at radius 3 is 2.75 bits per heavy atom. The Hall–Kier alpha value is -1.82. The summed E-state index contributed by atoms with van der Waals surface area (Å²) in [5.41, 5.74) is 5.98. The molecule has 0 saturated heterocycles. The van der Waals surface area contributed by atoms with Crippen molar-refractivity contribution >= 4 is 17.5 Å². The average molecular weight is 277 g/mol. The lowest BCUT2D eigenvalue weighted by Gasteiger charge is -2.10.